The molecule has 4 aliphatic rings. The average Bonchev–Trinajstić information content (AvgIpc) is 3.11. The molecule has 1 unspecified atom stereocenters. The number of hydrogen-bond donors (Lipinski definition) is 0. The zero-order chi connectivity index (χ0) is 14.6. The molecule has 0 spiro atoms. The minimum absolute atomic E-state index is 0. The fraction of sp³-hybridized carbons (Fsp3) is 0.222. The van der Waals surface area contributed by atoms with Gasteiger partial charge in [-0.1, -0.05) is 0 Å². The third-order valence-corrected chi connectivity index (χ3v) is 11.2. The standard InChI is InChI=1S/C13H10BrS.C5H5.2ClH.Zr/c1-7-3-9-5-12-11(6-13(14)15-12)8(2)10(9)4-7;1-2-4-5-3-1;;;/h3-5,12H,1-2H3;1-3H,4H2;2*1H;/q;;;;+2/p-2. The Morgan fingerprint density at radius 3 is 2.70 bits per heavy atom. The molecule has 0 N–H and O–H groups in total. The Morgan fingerprint density at radius 1 is 1.22 bits per heavy atom. The van der Waals surface area contributed by atoms with Gasteiger partial charge in [-0.15, -0.1) is 0 Å². The van der Waals surface area contributed by atoms with E-state index in [4.69, 9.17) is 0 Å². The normalized spacial score (nSPS) is 24.0. The number of hydrogen-bond acceptors (Lipinski definition) is 1. The first-order chi connectivity index (χ1) is 10.1. The quantitative estimate of drug-likeness (QED) is 0.499. The smallest absolute Gasteiger partial charge is 1.00 e. The van der Waals surface area contributed by atoms with Gasteiger partial charge in [0.15, 0.2) is 0 Å². The summed E-state index contributed by atoms with van der Waals surface area (Å²) in [5.74, 6) is 0. The Bertz CT molecular complexity index is 766. The first-order valence-electron chi connectivity index (χ1n) is 7.16. The van der Waals surface area contributed by atoms with Gasteiger partial charge in [0.1, 0.15) is 0 Å². The van der Waals surface area contributed by atoms with E-state index in [-0.39, 0.29) is 24.8 Å². The summed E-state index contributed by atoms with van der Waals surface area (Å²) < 4.78 is 4.76. The average molecular weight is 505 g/mol. The number of allylic oxidation sites excluding steroid dienone is 11. The second-order valence-corrected chi connectivity index (χ2v) is 11.6. The van der Waals surface area contributed by atoms with Crippen LogP contribution in [0.5, 0.6) is 0 Å². The predicted octanol–water partition coefficient (Wildman–Crippen LogP) is -0.257. The molecule has 118 valence electrons. The number of thioether (sulfide) groups is 1. The maximum atomic E-state index is 3.86. The summed E-state index contributed by atoms with van der Waals surface area (Å²) in [6.45, 7) is 4.52. The van der Waals surface area contributed by atoms with Crippen LogP contribution in [0.4, 0.5) is 0 Å². The third-order valence-electron chi connectivity index (χ3n) is 4.24. The van der Waals surface area contributed by atoms with E-state index in [1.807, 2.05) is 11.8 Å². The monoisotopic (exact) mass is 502 g/mol. The molecule has 5 heteroatoms. The minimum atomic E-state index is -0.659. The van der Waals surface area contributed by atoms with Crippen molar-refractivity contribution in [1.29, 1.82) is 0 Å². The molecule has 0 amide bonds. The Labute approximate surface area is 174 Å². The van der Waals surface area contributed by atoms with Gasteiger partial charge in [-0.2, -0.15) is 0 Å². The first kappa shape index (κ1) is 19.8. The Kier molecular flexibility index (Phi) is 6.70. The molecule has 0 aromatic heterocycles. The molecule has 4 rings (SSSR count). The van der Waals surface area contributed by atoms with E-state index in [0.717, 1.165) is 0 Å². The number of fused-ring (bicyclic) bond motifs is 2. The minimum Gasteiger partial charge on any atom is -1.00 e. The molecular weight excluding hydrogens is 490 g/mol. The first-order valence-corrected chi connectivity index (χ1v) is 11.3. The van der Waals surface area contributed by atoms with Crippen molar-refractivity contribution in [3.8, 4) is 0 Å². The largest absolute Gasteiger partial charge is 1.00 e. The van der Waals surface area contributed by atoms with Crippen LogP contribution in [-0.2, 0) is 23.2 Å². The van der Waals surface area contributed by atoms with E-state index in [2.05, 4.69) is 66.2 Å². The van der Waals surface area contributed by atoms with Crippen molar-refractivity contribution in [2.45, 2.75) is 25.5 Å². The molecule has 0 fully saturated rings. The molecule has 0 saturated heterocycles. The molecule has 0 aromatic carbocycles. The second-order valence-electron chi connectivity index (χ2n) is 5.74. The third kappa shape index (κ3) is 3.56. The van der Waals surface area contributed by atoms with Gasteiger partial charge < -0.3 is 24.8 Å². The molecule has 1 aliphatic heterocycles. The van der Waals surface area contributed by atoms with Gasteiger partial charge in [-0.25, -0.2) is 0 Å². The summed E-state index contributed by atoms with van der Waals surface area (Å²) in [4.78, 5) is 0. The summed E-state index contributed by atoms with van der Waals surface area (Å²) in [7, 11) is 0. The van der Waals surface area contributed by atoms with Crippen LogP contribution in [0.3, 0.4) is 0 Å². The van der Waals surface area contributed by atoms with E-state index >= 15 is 0 Å². The zero-order valence-corrected chi connectivity index (χ0v) is 19.2. The van der Waals surface area contributed by atoms with E-state index in [1.165, 1.54) is 32.5 Å². The molecule has 1 heterocycles. The van der Waals surface area contributed by atoms with Crippen LogP contribution >= 0.6 is 27.7 Å². The molecule has 1 atom stereocenters. The van der Waals surface area contributed by atoms with Crippen molar-refractivity contribution in [1.82, 2.24) is 0 Å². The van der Waals surface area contributed by atoms with Crippen LogP contribution in [0, 0.1) is 0 Å². The Morgan fingerprint density at radius 2 is 2.00 bits per heavy atom. The van der Waals surface area contributed by atoms with Crippen molar-refractivity contribution >= 4 is 27.7 Å². The maximum Gasteiger partial charge on any atom is -1.00 e. The van der Waals surface area contributed by atoms with E-state index in [9.17, 15) is 0 Å². The summed E-state index contributed by atoms with van der Waals surface area (Å²) in [6.07, 6.45) is 15.2. The van der Waals surface area contributed by atoms with E-state index < -0.39 is 23.2 Å². The van der Waals surface area contributed by atoms with Gasteiger partial charge in [0.25, 0.3) is 0 Å². The summed E-state index contributed by atoms with van der Waals surface area (Å²) >= 11 is 5.20. The molecule has 0 nitrogen and oxygen atoms in total. The van der Waals surface area contributed by atoms with Crippen LogP contribution in [0.15, 0.2) is 74.7 Å². The molecule has 0 bridgehead atoms. The molecular formula is C18H15BrCl2SZr. The summed E-state index contributed by atoms with van der Waals surface area (Å²) in [5.41, 5.74) is 7.39. The summed E-state index contributed by atoms with van der Waals surface area (Å²) in [6, 6.07) is 0. The predicted molar refractivity (Wildman–Crippen MR) is 91.8 cm³/mol. The maximum absolute atomic E-state index is 3.86. The van der Waals surface area contributed by atoms with Gasteiger partial charge in [0.05, 0.1) is 0 Å². The van der Waals surface area contributed by atoms with Crippen LogP contribution in [0.25, 0.3) is 0 Å². The fourth-order valence-electron chi connectivity index (χ4n) is 3.26. The van der Waals surface area contributed by atoms with Crippen LogP contribution in [0.2, 0.25) is 0 Å². The fourth-order valence-corrected chi connectivity index (χ4v) is 9.92. The Balaban J connectivity index is 0.000000960. The van der Waals surface area contributed by atoms with Crippen LogP contribution < -0.4 is 24.8 Å². The molecule has 0 radical (unpaired) electrons. The van der Waals surface area contributed by atoms with Crippen molar-refractivity contribution < 1.29 is 48.0 Å². The second kappa shape index (κ2) is 7.79. The molecule has 0 aromatic rings. The number of rotatable bonds is 2. The van der Waals surface area contributed by atoms with E-state index in [1.54, 1.807) is 12.1 Å². The Hall–Kier alpha value is 0.473. The topological polar surface area (TPSA) is 0 Å². The molecule has 23 heavy (non-hydrogen) atoms. The van der Waals surface area contributed by atoms with Gasteiger partial charge in [-0.3, -0.25) is 0 Å². The summed E-state index contributed by atoms with van der Waals surface area (Å²) in [5, 5.41) is 0.527. The molecule has 0 saturated carbocycles. The van der Waals surface area contributed by atoms with Gasteiger partial charge in [-0.05, 0) is 0 Å². The van der Waals surface area contributed by atoms with Crippen LogP contribution in [-0.4, -0.2) is 5.25 Å². The van der Waals surface area contributed by atoms with Crippen molar-refractivity contribution in [2.75, 3.05) is 0 Å². The number of halogens is 3. The van der Waals surface area contributed by atoms with Gasteiger partial charge in [0, 0.05) is 0 Å². The van der Waals surface area contributed by atoms with Crippen molar-refractivity contribution in [2.24, 2.45) is 0 Å². The van der Waals surface area contributed by atoms with Crippen molar-refractivity contribution in [3.63, 3.8) is 0 Å². The van der Waals surface area contributed by atoms with Crippen molar-refractivity contribution in [3.05, 3.63) is 74.7 Å². The zero-order valence-electron chi connectivity index (χ0n) is 12.8. The van der Waals surface area contributed by atoms with Gasteiger partial charge >= 0.3 is 151 Å². The van der Waals surface area contributed by atoms with Crippen LogP contribution in [0.1, 0.15) is 20.3 Å². The SMILES string of the molecule is CC1=CC2=CC3SC(Br)=[C]([Zr+2][C]4=CC=CC4)C3=C(C)C2=C1.[Cl-].[Cl-]. The van der Waals surface area contributed by atoms with E-state index in [0.29, 0.717) is 5.25 Å². The molecule has 3 aliphatic carbocycles. The van der Waals surface area contributed by atoms with Gasteiger partial charge in [0.2, 0.25) is 0 Å².